The minimum absolute atomic E-state index is 0.160. The average molecular weight is 414 g/mol. The Hall–Kier alpha value is -1.44. The molecule has 6 nitrogen and oxygen atoms in total. The highest BCUT2D eigenvalue weighted by Crippen LogP contribution is 2.42. The van der Waals surface area contributed by atoms with Crippen LogP contribution in [0.5, 0.6) is 0 Å². The molecule has 0 saturated carbocycles. The minimum atomic E-state index is -0.638. The van der Waals surface area contributed by atoms with Crippen molar-refractivity contribution in [3.63, 3.8) is 0 Å². The predicted octanol–water partition coefficient (Wildman–Crippen LogP) is 3.37. The maximum atomic E-state index is 12.9. The first-order valence-electron chi connectivity index (χ1n) is 8.89. The Morgan fingerprint density at radius 1 is 1.30 bits per heavy atom. The highest BCUT2D eigenvalue weighted by molar-refractivity contribution is 7.99. The largest absolute Gasteiger partial charge is 0.444 e. The van der Waals surface area contributed by atoms with Gasteiger partial charge in [-0.1, -0.05) is 23.7 Å². The van der Waals surface area contributed by atoms with Crippen LogP contribution in [0.2, 0.25) is 5.02 Å². The topological polar surface area (TPSA) is 61.9 Å². The number of ether oxygens (including phenoxy) is 1. The molecule has 2 atom stereocenters. The molecule has 1 aromatic rings. The van der Waals surface area contributed by atoms with E-state index in [0.717, 1.165) is 12.1 Å². The van der Waals surface area contributed by atoms with Crippen LogP contribution in [0.25, 0.3) is 0 Å². The first-order chi connectivity index (χ1) is 12.6. The van der Waals surface area contributed by atoms with Crippen LogP contribution in [-0.2, 0) is 9.53 Å². The molecular formula is C19H28ClN3O3S. The third-order valence-electron chi connectivity index (χ3n) is 3.92. The van der Waals surface area contributed by atoms with Gasteiger partial charge in [0.25, 0.3) is 0 Å². The second-order valence-corrected chi connectivity index (χ2v) is 9.28. The van der Waals surface area contributed by atoms with Gasteiger partial charge < -0.3 is 15.0 Å². The Labute approximate surface area is 170 Å². The first kappa shape index (κ1) is 21.9. The summed E-state index contributed by atoms with van der Waals surface area (Å²) in [6, 6.07) is 6.75. The van der Waals surface area contributed by atoms with Crippen molar-refractivity contribution >= 4 is 35.4 Å². The number of nitrogens with one attached hydrogen (secondary N) is 1. The van der Waals surface area contributed by atoms with Crippen LogP contribution in [0.1, 0.15) is 31.7 Å². The van der Waals surface area contributed by atoms with Gasteiger partial charge in [0.2, 0.25) is 5.91 Å². The lowest BCUT2D eigenvalue weighted by Crippen LogP contribution is -2.50. The molecule has 0 spiro atoms. The van der Waals surface area contributed by atoms with Crippen LogP contribution >= 0.6 is 23.4 Å². The van der Waals surface area contributed by atoms with Gasteiger partial charge in [-0.05, 0) is 52.6 Å². The van der Waals surface area contributed by atoms with Gasteiger partial charge >= 0.3 is 6.09 Å². The lowest BCUT2D eigenvalue weighted by atomic mass is 10.1. The Bertz CT molecular complexity index is 661. The number of carbonyl (C=O) groups is 2. The normalized spacial score (nSPS) is 20.0. The van der Waals surface area contributed by atoms with Crippen LogP contribution < -0.4 is 5.32 Å². The Balaban J connectivity index is 2.21. The molecule has 1 aromatic carbocycles. The lowest BCUT2D eigenvalue weighted by Gasteiger charge is -2.31. The quantitative estimate of drug-likeness (QED) is 0.801. The third-order valence-corrected chi connectivity index (χ3v) is 5.50. The number of benzene rings is 1. The van der Waals surface area contributed by atoms with Crippen molar-refractivity contribution in [3.05, 3.63) is 34.9 Å². The number of hydrogen-bond acceptors (Lipinski definition) is 5. The van der Waals surface area contributed by atoms with Crippen molar-refractivity contribution in [3.8, 4) is 0 Å². The second kappa shape index (κ2) is 9.17. The van der Waals surface area contributed by atoms with E-state index in [1.54, 1.807) is 28.8 Å². The molecule has 1 heterocycles. The monoisotopic (exact) mass is 413 g/mol. The molecule has 1 saturated heterocycles. The lowest BCUT2D eigenvalue weighted by molar-refractivity contribution is -0.125. The summed E-state index contributed by atoms with van der Waals surface area (Å²) in [6.45, 7) is 6.71. The van der Waals surface area contributed by atoms with Crippen molar-refractivity contribution in [1.29, 1.82) is 0 Å². The van der Waals surface area contributed by atoms with E-state index in [9.17, 15) is 9.59 Å². The number of thioether (sulfide) groups is 1. The molecule has 8 heteroatoms. The zero-order chi connectivity index (χ0) is 20.2. The molecule has 1 aliphatic heterocycles. The number of halogens is 1. The summed E-state index contributed by atoms with van der Waals surface area (Å²) in [6.07, 6.45) is -0.486. The van der Waals surface area contributed by atoms with Crippen molar-refractivity contribution < 1.29 is 14.3 Å². The van der Waals surface area contributed by atoms with Crippen molar-refractivity contribution in [2.24, 2.45) is 0 Å². The summed E-state index contributed by atoms with van der Waals surface area (Å²) in [4.78, 5) is 29.1. The van der Waals surface area contributed by atoms with Crippen molar-refractivity contribution in [2.75, 3.05) is 32.9 Å². The van der Waals surface area contributed by atoms with E-state index in [-0.39, 0.29) is 11.3 Å². The average Bonchev–Trinajstić information content (AvgIpc) is 2.98. The molecule has 2 rings (SSSR count). The van der Waals surface area contributed by atoms with Gasteiger partial charge in [-0.15, -0.1) is 11.8 Å². The number of likely N-dealkylation sites (N-methyl/N-ethyl adjacent to an activating group) is 1. The summed E-state index contributed by atoms with van der Waals surface area (Å²) >= 11 is 7.54. The van der Waals surface area contributed by atoms with E-state index in [2.05, 4.69) is 5.32 Å². The molecule has 1 N–H and O–H groups in total. The van der Waals surface area contributed by atoms with E-state index >= 15 is 0 Å². The van der Waals surface area contributed by atoms with E-state index in [0.29, 0.717) is 17.3 Å². The maximum Gasteiger partial charge on any atom is 0.412 e. The van der Waals surface area contributed by atoms with Crippen molar-refractivity contribution in [2.45, 2.75) is 37.8 Å². The molecule has 0 bridgehead atoms. The number of hydrogen-bond donors (Lipinski definition) is 1. The van der Waals surface area contributed by atoms with Gasteiger partial charge in [0.1, 0.15) is 17.0 Å². The minimum Gasteiger partial charge on any atom is -0.444 e. The number of carbonyl (C=O) groups excluding carboxylic acids is 2. The third kappa shape index (κ3) is 6.30. The predicted molar refractivity (Wildman–Crippen MR) is 110 cm³/mol. The Kier molecular flexibility index (Phi) is 7.42. The van der Waals surface area contributed by atoms with Gasteiger partial charge in [0.15, 0.2) is 0 Å². The van der Waals surface area contributed by atoms with Crippen LogP contribution in [0.4, 0.5) is 4.79 Å². The van der Waals surface area contributed by atoms with Crippen LogP contribution in [0, 0.1) is 0 Å². The Morgan fingerprint density at radius 2 is 1.93 bits per heavy atom. The molecule has 27 heavy (non-hydrogen) atoms. The van der Waals surface area contributed by atoms with E-state index in [1.807, 2.05) is 51.9 Å². The highest BCUT2D eigenvalue weighted by Gasteiger charge is 2.44. The molecule has 0 aromatic heterocycles. The van der Waals surface area contributed by atoms with Crippen molar-refractivity contribution in [1.82, 2.24) is 15.1 Å². The van der Waals surface area contributed by atoms with E-state index < -0.39 is 17.7 Å². The fraction of sp³-hybridized carbons (Fsp3) is 0.579. The standard InChI is InChI=1S/C19H28ClN3O3S/c1-19(2,3)26-18(25)23-15(16(24)21-10-11-22(4)5)12-27-17(23)13-6-8-14(20)9-7-13/h6-9,15,17H,10-12H2,1-5H3,(H,21,24)/t15-,17-/m1/s1. The molecule has 150 valence electrons. The highest BCUT2D eigenvalue weighted by atomic mass is 35.5. The maximum absolute atomic E-state index is 12.9. The number of amides is 2. The summed E-state index contributed by atoms with van der Waals surface area (Å²) < 4.78 is 5.58. The Morgan fingerprint density at radius 3 is 2.48 bits per heavy atom. The fourth-order valence-corrected chi connectivity index (χ4v) is 4.20. The molecule has 0 radical (unpaired) electrons. The smallest absolute Gasteiger partial charge is 0.412 e. The first-order valence-corrected chi connectivity index (χ1v) is 10.3. The molecular weight excluding hydrogens is 386 g/mol. The second-order valence-electron chi connectivity index (χ2n) is 7.73. The summed E-state index contributed by atoms with van der Waals surface area (Å²) in [7, 11) is 3.89. The molecule has 1 fully saturated rings. The van der Waals surface area contributed by atoms with E-state index in [4.69, 9.17) is 16.3 Å². The number of rotatable bonds is 5. The number of nitrogens with zero attached hydrogens (tertiary/aromatic N) is 2. The van der Waals surface area contributed by atoms with Gasteiger partial charge in [0.05, 0.1) is 0 Å². The zero-order valence-electron chi connectivity index (χ0n) is 16.5. The zero-order valence-corrected chi connectivity index (χ0v) is 18.1. The summed E-state index contributed by atoms with van der Waals surface area (Å²) in [5.41, 5.74) is 0.278. The summed E-state index contributed by atoms with van der Waals surface area (Å²) in [5, 5.41) is 3.26. The summed E-state index contributed by atoms with van der Waals surface area (Å²) in [5.74, 6) is 0.354. The van der Waals surface area contributed by atoms with Crippen LogP contribution in [0.3, 0.4) is 0 Å². The van der Waals surface area contributed by atoms with E-state index in [1.165, 1.54) is 0 Å². The molecule has 2 amide bonds. The van der Waals surface area contributed by atoms with Crippen LogP contribution in [-0.4, -0.2) is 66.4 Å². The SMILES string of the molecule is CN(C)CCNC(=O)[C@H]1CS[C@H](c2ccc(Cl)cc2)N1C(=O)OC(C)(C)C. The van der Waals surface area contributed by atoms with Gasteiger partial charge in [-0.2, -0.15) is 0 Å². The molecule has 0 unspecified atom stereocenters. The van der Waals surface area contributed by atoms with Gasteiger partial charge in [-0.3, -0.25) is 9.69 Å². The molecule has 1 aliphatic rings. The van der Waals surface area contributed by atoms with Gasteiger partial charge in [0, 0.05) is 23.9 Å². The fourth-order valence-electron chi connectivity index (χ4n) is 2.65. The molecule has 0 aliphatic carbocycles. The van der Waals surface area contributed by atoms with Crippen LogP contribution in [0.15, 0.2) is 24.3 Å². The van der Waals surface area contributed by atoms with Gasteiger partial charge in [-0.25, -0.2) is 4.79 Å².